The highest BCUT2D eigenvalue weighted by atomic mass is 19.1. The first-order chi connectivity index (χ1) is 15.8. The average Bonchev–Trinajstić information content (AvgIpc) is 2.98. The number of likely N-dealkylation sites (tertiary alicyclic amines) is 1. The van der Waals surface area contributed by atoms with Crippen molar-refractivity contribution < 1.29 is 23.5 Å². The summed E-state index contributed by atoms with van der Waals surface area (Å²) >= 11 is 0. The minimum atomic E-state index is -1.35. The van der Waals surface area contributed by atoms with Crippen LogP contribution >= 0.6 is 0 Å². The van der Waals surface area contributed by atoms with Gasteiger partial charge in [0.1, 0.15) is 23.7 Å². The Morgan fingerprint density at radius 1 is 1.09 bits per heavy atom. The van der Waals surface area contributed by atoms with E-state index in [1.54, 1.807) is 18.9 Å². The lowest BCUT2D eigenvalue weighted by Gasteiger charge is -2.32. The lowest BCUT2D eigenvalue weighted by atomic mass is 9.92. The summed E-state index contributed by atoms with van der Waals surface area (Å²) < 4.78 is 18.6. The van der Waals surface area contributed by atoms with Crippen LogP contribution in [-0.4, -0.2) is 47.8 Å². The van der Waals surface area contributed by atoms with Gasteiger partial charge in [0.05, 0.1) is 13.2 Å². The molecule has 2 aromatic carbocycles. The third-order valence-electron chi connectivity index (χ3n) is 6.56. The molecule has 2 aliphatic rings. The van der Waals surface area contributed by atoms with Gasteiger partial charge in [-0.25, -0.2) is 9.18 Å². The molecule has 4 amide bonds. The molecule has 2 fully saturated rings. The van der Waals surface area contributed by atoms with Gasteiger partial charge in [0.25, 0.3) is 5.91 Å². The lowest BCUT2D eigenvalue weighted by molar-refractivity contribution is -0.140. The Bertz CT molecular complexity index is 1040. The van der Waals surface area contributed by atoms with E-state index < -0.39 is 23.3 Å². The topological polar surface area (TPSA) is 79.0 Å². The number of ether oxygens (including phenoxy) is 1. The summed E-state index contributed by atoms with van der Waals surface area (Å²) in [5.74, 6) is -0.491. The van der Waals surface area contributed by atoms with Crippen molar-refractivity contribution in [3.8, 4) is 5.75 Å². The first-order valence-electron chi connectivity index (χ1n) is 11.2. The summed E-state index contributed by atoms with van der Waals surface area (Å²) in [5, 5.41) is 2.67. The zero-order valence-corrected chi connectivity index (χ0v) is 18.8. The minimum Gasteiger partial charge on any atom is -0.497 e. The number of amides is 4. The number of halogens is 1. The fourth-order valence-corrected chi connectivity index (χ4v) is 4.62. The van der Waals surface area contributed by atoms with Gasteiger partial charge >= 0.3 is 6.03 Å². The Morgan fingerprint density at radius 3 is 2.45 bits per heavy atom. The van der Waals surface area contributed by atoms with E-state index in [9.17, 15) is 18.8 Å². The minimum absolute atomic E-state index is 0.129. The Kier molecular flexibility index (Phi) is 6.35. The van der Waals surface area contributed by atoms with E-state index in [4.69, 9.17) is 4.74 Å². The van der Waals surface area contributed by atoms with E-state index in [2.05, 4.69) is 5.32 Å². The van der Waals surface area contributed by atoms with Crippen molar-refractivity contribution in [2.45, 2.75) is 44.2 Å². The molecule has 7 nitrogen and oxygen atoms in total. The molecule has 33 heavy (non-hydrogen) atoms. The zero-order valence-electron chi connectivity index (χ0n) is 18.8. The molecule has 2 aliphatic heterocycles. The van der Waals surface area contributed by atoms with Gasteiger partial charge in [0.15, 0.2) is 0 Å². The van der Waals surface area contributed by atoms with Crippen LogP contribution in [-0.2, 0) is 15.1 Å². The van der Waals surface area contributed by atoms with Gasteiger partial charge in [0, 0.05) is 6.54 Å². The molecule has 0 bridgehead atoms. The summed E-state index contributed by atoms with van der Waals surface area (Å²) in [6, 6.07) is 12.3. The third-order valence-corrected chi connectivity index (χ3v) is 6.56. The number of hydrogen-bond donors (Lipinski definition) is 1. The molecule has 2 saturated heterocycles. The standard InChI is InChI=1S/C25H28FN3O4/c1-25(18-9-11-19(26)12-10-18)23(31)29(24(32)27-25)16-22(30)28-15-5-3-4-6-21(28)17-7-13-20(33-2)14-8-17/h7-14,21H,3-6,15-16H2,1-2H3,(H,27,32)/t21-,25-/m1/s1. The maximum Gasteiger partial charge on any atom is 0.325 e. The second kappa shape index (κ2) is 9.21. The van der Waals surface area contributed by atoms with Crippen LogP contribution in [0.1, 0.15) is 49.8 Å². The number of carbonyl (C=O) groups excluding carboxylic acids is 3. The number of hydrogen-bond acceptors (Lipinski definition) is 4. The van der Waals surface area contributed by atoms with Crippen molar-refractivity contribution in [2.75, 3.05) is 20.2 Å². The largest absolute Gasteiger partial charge is 0.497 e. The van der Waals surface area contributed by atoms with E-state index in [-0.39, 0.29) is 18.5 Å². The predicted octanol–water partition coefficient (Wildman–Crippen LogP) is 3.75. The number of methoxy groups -OCH3 is 1. The van der Waals surface area contributed by atoms with Gasteiger partial charge in [-0.2, -0.15) is 0 Å². The number of benzene rings is 2. The van der Waals surface area contributed by atoms with Crippen molar-refractivity contribution in [3.63, 3.8) is 0 Å². The van der Waals surface area contributed by atoms with Crippen molar-refractivity contribution in [1.29, 1.82) is 0 Å². The van der Waals surface area contributed by atoms with Crippen LogP contribution in [0, 0.1) is 5.82 Å². The first-order valence-corrected chi connectivity index (χ1v) is 11.2. The molecule has 0 aromatic heterocycles. The zero-order chi connectivity index (χ0) is 23.6. The van der Waals surface area contributed by atoms with Crippen LogP contribution < -0.4 is 10.1 Å². The van der Waals surface area contributed by atoms with Gasteiger partial charge in [-0.05, 0) is 55.2 Å². The smallest absolute Gasteiger partial charge is 0.325 e. The SMILES string of the molecule is COc1ccc([C@H]2CCCCCN2C(=O)CN2C(=O)N[C@](C)(c3ccc(F)cc3)C2=O)cc1. The molecule has 1 N–H and O–H groups in total. The van der Waals surface area contributed by atoms with Gasteiger partial charge in [0.2, 0.25) is 5.91 Å². The van der Waals surface area contributed by atoms with Gasteiger partial charge in [-0.3, -0.25) is 14.5 Å². The molecule has 2 heterocycles. The van der Waals surface area contributed by atoms with E-state index in [0.717, 1.165) is 41.9 Å². The second-order valence-electron chi connectivity index (χ2n) is 8.68. The van der Waals surface area contributed by atoms with Crippen molar-refractivity contribution in [2.24, 2.45) is 0 Å². The number of urea groups is 1. The van der Waals surface area contributed by atoms with Crippen molar-refractivity contribution in [1.82, 2.24) is 15.1 Å². The van der Waals surface area contributed by atoms with Crippen LogP contribution in [0.4, 0.5) is 9.18 Å². The van der Waals surface area contributed by atoms with Gasteiger partial charge in [-0.1, -0.05) is 37.1 Å². The Hall–Kier alpha value is -3.42. The van der Waals surface area contributed by atoms with E-state index in [1.807, 2.05) is 24.3 Å². The number of imide groups is 1. The molecule has 8 heteroatoms. The molecule has 0 spiro atoms. The quantitative estimate of drug-likeness (QED) is 0.700. The van der Waals surface area contributed by atoms with Crippen LogP contribution in [0.25, 0.3) is 0 Å². The Morgan fingerprint density at radius 2 is 1.79 bits per heavy atom. The summed E-state index contributed by atoms with van der Waals surface area (Å²) in [5.41, 5.74) is 0.113. The maximum atomic E-state index is 13.4. The molecule has 0 aliphatic carbocycles. The molecular weight excluding hydrogens is 425 g/mol. The number of nitrogens with zero attached hydrogens (tertiary/aromatic N) is 2. The number of rotatable bonds is 5. The fraction of sp³-hybridized carbons (Fsp3) is 0.400. The molecule has 0 radical (unpaired) electrons. The monoisotopic (exact) mass is 453 g/mol. The molecule has 0 saturated carbocycles. The van der Waals surface area contributed by atoms with Crippen molar-refractivity contribution in [3.05, 3.63) is 65.5 Å². The molecule has 2 aromatic rings. The number of nitrogens with one attached hydrogen (secondary N) is 1. The van der Waals surface area contributed by atoms with E-state index in [1.165, 1.54) is 24.3 Å². The Balaban J connectivity index is 1.54. The highest BCUT2D eigenvalue weighted by Crippen LogP contribution is 2.33. The normalized spacial score (nSPS) is 23.3. The number of carbonyl (C=O) groups is 3. The Labute approximate surface area is 192 Å². The average molecular weight is 454 g/mol. The lowest BCUT2D eigenvalue weighted by Crippen LogP contribution is -2.45. The molecule has 2 atom stereocenters. The highest BCUT2D eigenvalue weighted by Gasteiger charge is 2.50. The predicted molar refractivity (Wildman–Crippen MR) is 120 cm³/mol. The van der Waals surface area contributed by atoms with Gasteiger partial charge in [-0.15, -0.1) is 0 Å². The highest BCUT2D eigenvalue weighted by molar-refractivity contribution is 6.09. The molecular formula is C25H28FN3O4. The first kappa shape index (κ1) is 22.8. The molecule has 0 unspecified atom stereocenters. The van der Waals surface area contributed by atoms with E-state index in [0.29, 0.717) is 12.1 Å². The summed E-state index contributed by atoms with van der Waals surface area (Å²) in [7, 11) is 1.61. The second-order valence-corrected chi connectivity index (χ2v) is 8.68. The third kappa shape index (κ3) is 4.42. The summed E-state index contributed by atoms with van der Waals surface area (Å²) in [6.07, 6.45) is 3.69. The van der Waals surface area contributed by atoms with Crippen LogP contribution in [0.2, 0.25) is 0 Å². The molecule has 4 rings (SSSR count). The maximum absolute atomic E-state index is 13.4. The summed E-state index contributed by atoms with van der Waals surface area (Å²) in [6.45, 7) is 1.79. The van der Waals surface area contributed by atoms with Crippen LogP contribution in [0.15, 0.2) is 48.5 Å². The molecule has 174 valence electrons. The van der Waals surface area contributed by atoms with Crippen LogP contribution in [0.5, 0.6) is 5.75 Å². The fourth-order valence-electron chi connectivity index (χ4n) is 4.62. The van der Waals surface area contributed by atoms with Gasteiger partial charge < -0.3 is 15.0 Å². The van der Waals surface area contributed by atoms with Crippen LogP contribution in [0.3, 0.4) is 0 Å². The van der Waals surface area contributed by atoms with Crippen molar-refractivity contribution >= 4 is 17.8 Å². The summed E-state index contributed by atoms with van der Waals surface area (Å²) in [4.78, 5) is 42.0. The van der Waals surface area contributed by atoms with E-state index >= 15 is 0 Å².